The van der Waals surface area contributed by atoms with Crippen molar-refractivity contribution < 1.29 is 19.0 Å². The SMILES string of the molecule is Cc1nc(Oc2ccc(C(=O)O)c(F)c2)sc1C. The van der Waals surface area contributed by atoms with Crippen molar-refractivity contribution in [3.63, 3.8) is 0 Å². The van der Waals surface area contributed by atoms with Crippen molar-refractivity contribution >= 4 is 17.3 Å². The van der Waals surface area contributed by atoms with Crippen LogP contribution in [-0.4, -0.2) is 16.1 Å². The van der Waals surface area contributed by atoms with E-state index in [-0.39, 0.29) is 11.3 Å². The van der Waals surface area contributed by atoms with Crippen LogP contribution in [0, 0.1) is 19.7 Å². The monoisotopic (exact) mass is 267 g/mol. The largest absolute Gasteiger partial charge is 0.478 e. The molecule has 0 unspecified atom stereocenters. The van der Waals surface area contributed by atoms with E-state index in [1.807, 2.05) is 13.8 Å². The Morgan fingerprint density at radius 1 is 1.44 bits per heavy atom. The van der Waals surface area contributed by atoms with Crippen LogP contribution in [0.2, 0.25) is 0 Å². The quantitative estimate of drug-likeness (QED) is 0.926. The summed E-state index contributed by atoms with van der Waals surface area (Å²) < 4.78 is 18.8. The molecule has 0 fully saturated rings. The number of thiazole rings is 1. The second-order valence-electron chi connectivity index (χ2n) is 3.67. The number of carboxylic acids is 1. The molecule has 4 nitrogen and oxygen atoms in total. The summed E-state index contributed by atoms with van der Waals surface area (Å²) >= 11 is 1.35. The molecule has 0 bridgehead atoms. The summed E-state index contributed by atoms with van der Waals surface area (Å²) in [4.78, 5) is 15.8. The Hall–Kier alpha value is -1.95. The molecule has 2 aromatic rings. The number of aromatic carboxylic acids is 1. The van der Waals surface area contributed by atoms with Gasteiger partial charge in [-0.1, -0.05) is 11.3 Å². The van der Waals surface area contributed by atoms with Crippen LogP contribution in [0.5, 0.6) is 10.9 Å². The van der Waals surface area contributed by atoms with Gasteiger partial charge in [0.25, 0.3) is 5.19 Å². The molecule has 0 saturated heterocycles. The molecule has 0 aliphatic rings. The average Bonchev–Trinajstić information content (AvgIpc) is 2.57. The highest BCUT2D eigenvalue weighted by Crippen LogP contribution is 2.29. The fourth-order valence-electron chi connectivity index (χ4n) is 1.32. The van der Waals surface area contributed by atoms with Gasteiger partial charge in [-0.25, -0.2) is 14.2 Å². The Morgan fingerprint density at radius 3 is 2.67 bits per heavy atom. The lowest BCUT2D eigenvalue weighted by Gasteiger charge is -2.03. The number of benzene rings is 1. The first-order chi connectivity index (χ1) is 8.47. The highest BCUT2D eigenvalue weighted by molar-refractivity contribution is 7.13. The third-order valence-electron chi connectivity index (χ3n) is 2.39. The molecule has 6 heteroatoms. The molecule has 1 aromatic heterocycles. The Balaban J connectivity index is 2.25. The van der Waals surface area contributed by atoms with E-state index in [9.17, 15) is 9.18 Å². The van der Waals surface area contributed by atoms with Crippen LogP contribution in [0.25, 0.3) is 0 Å². The summed E-state index contributed by atoms with van der Waals surface area (Å²) in [7, 11) is 0. The Morgan fingerprint density at radius 2 is 2.17 bits per heavy atom. The maximum atomic E-state index is 13.4. The summed E-state index contributed by atoms with van der Waals surface area (Å²) in [6, 6.07) is 3.61. The number of aromatic nitrogens is 1. The highest BCUT2D eigenvalue weighted by Gasteiger charge is 2.12. The number of aryl methyl sites for hydroxylation is 2. The lowest BCUT2D eigenvalue weighted by atomic mass is 10.2. The van der Waals surface area contributed by atoms with Crippen molar-refractivity contribution in [2.75, 3.05) is 0 Å². The van der Waals surface area contributed by atoms with E-state index in [0.717, 1.165) is 16.6 Å². The van der Waals surface area contributed by atoms with Crippen LogP contribution in [0.3, 0.4) is 0 Å². The number of hydrogen-bond acceptors (Lipinski definition) is 4. The third-order valence-corrected chi connectivity index (χ3v) is 3.34. The number of carboxylic acid groups (broad SMARTS) is 1. The van der Waals surface area contributed by atoms with E-state index >= 15 is 0 Å². The molecule has 0 aliphatic heterocycles. The van der Waals surface area contributed by atoms with Crippen LogP contribution in [0.4, 0.5) is 4.39 Å². The maximum Gasteiger partial charge on any atom is 0.338 e. The Labute approximate surface area is 107 Å². The highest BCUT2D eigenvalue weighted by atomic mass is 32.1. The first-order valence-corrected chi connectivity index (χ1v) is 5.93. The van der Waals surface area contributed by atoms with E-state index < -0.39 is 11.8 Å². The Kier molecular flexibility index (Phi) is 3.29. The number of nitrogens with zero attached hydrogens (tertiary/aromatic N) is 1. The zero-order valence-electron chi connectivity index (χ0n) is 9.73. The lowest BCUT2D eigenvalue weighted by molar-refractivity contribution is 0.0692. The molecular formula is C12H10FNO3S. The van der Waals surface area contributed by atoms with Crippen molar-refractivity contribution in [1.29, 1.82) is 0 Å². The molecule has 0 amide bonds. The first-order valence-electron chi connectivity index (χ1n) is 5.12. The molecule has 0 atom stereocenters. The zero-order chi connectivity index (χ0) is 13.3. The van der Waals surface area contributed by atoms with Crippen LogP contribution in [0.1, 0.15) is 20.9 Å². The minimum absolute atomic E-state index is 0.228. The summed E-state index contributed by atoms with van der Waals surface area (Å²) in [5.74, 6) is -1.91. The van der Waals surface area contributed by atoms with Crippen molar-refractivity contribution in [2.24, 2.45) is 0 Å². The van der Waals surface area contributed by atoms with Crippen molar-refractivity contribution in [1.82, 2.24) is 4.98 Å². The van der Waals surface area contributed by atoms with Crippen molar-refractivity contribution in [3.05, 3.63) is 40.2 Å². The number of carbonyl (C=O) groups is 1. The van der Waals surface area contributed by atoms with E-state index in [0.29, 0.717) is 5.19 Å². The van der Waals surface area contributed by atoms with Gasteiger partial charge in [0.05, 0.1) is 11.3 Å². The van der Waals surface area contributed by atoms with Gasteiger partial charge in [-0.2, -0.15) is 0 Å². The summed E-state index contributed by atoms with van der Waals surface area (Å²) in [6.45, 7) is 3.76. The maximum absolute atomic E-state index is 13.4. The molecule has 0 saturated carbocycles. The summed E-state index contributed by atoms with van der Waals surface area (Å²) in [5, 5.41) is 9.10. The van der Waals surface area contributed by atoms with Crippen LogP contribution in [0.15, 0.2) is 18.2 Å². The Bertz CT molecular complexity index is 590. The molecule has 0 spiro atoms. The van der Waals surface area contributed by atoms with Crippen LogP contribution >= 0.6 is 11.3 Å². The van der Waals surface area contributed by atoms with E-state index in [1.54, 1.807) is 0 Å². The summed E-state index contributed by atoms with van der Waals surface area (Å²) in [5.41, 5.74) is 0.478. The van der Waals surface area contributed by atoms with Gasteiger partial charge in [0.1, 0.15) is 11.6 Å². The zero-order valence-corrected chi connectivity index (χ0v) is 10.5. The minimum Gasteiger partial charge on any atom is -0.478 e. The van der Waals surface area contributed by atoms with Crippen molar-refractivity contribution in [2.45, 2.75) is 13.8 Å². The molecule has 1 aromatic carbocycles. The topological polar surface area (TPSA) is 59.4 Å². The van der Waals surface area contributed by atoms with Gasteiger partial charge in [0, 0.05) is 10.9 Å². The van der Waals surface area contributed by atoms with Crippen molar-refractivity contribution in [3.8, 4) is 10.9 Å². The molecule has 0 aliphatic carbocycles. The van der Waals surface area contributed by atoms with Gasteiger partial charge >= 0.3 is 5.97 Å². The fourth-order valence-corrected chi connectivity index (χ4v) is 2.10. The smallest absolute Gasteiger partial charge is 0.338 e. The number of halogens is 1. The van der Waals surface area contributed by atoms with Gasteiger partial charge in [-0.3, -0.25) is 0 Å². The molecule has 1 N–H and O–H groups in total. The second kappa shape index (κ2) is 4.73. The number of rotatable bonds is 3. The molecular weight excluding hydrogens is 257 g/mol. The number of hydrogen-bond donors (Lipinski definition) is 1. The van der Waals surface area contributed by atoms with Gasteiger partial charge in [-0.15, -0.1) is 0 Å². The van der Waals surface area contributed by atoms with Gasteiger partial charge in [0.2, 0.25) is 0 Å². The second-order valence-corrected chi connectivity index (χ2v) is 4.84. The van der Waals surface area contributed by atoms with E-state index in [1.165, 1.54) is 23.5 Å². The van der Waals surface area contributed by atoms with Gasteiger partial charge < -0.3 is 9.84 Å². The minimum atomic E-state index is -1.31. The lowest BCUT2D eigenvalue weighted by Crippen LogP contribution is -2.00. The van der Waals surface area contributed by atoms with Gasteiger partial charge in [-0.05, 0) is 26.0 Å². The standard InChI is InChI=1S/C12H10FNO3S/c1-6-7(2)18-12(14-6)17-8-3-4-9(11(15)16)10(13)5-8/h3-5H,1-2H3,(H,15,16). The molecule has 94 valence electrons. The fraction of sp³-hybridized carbons (Fsp3) is 0.167. The van der Waals surface area contributed by atoms with E-state index in [4.69, 9.17) is 9.84 Å². The normalized spacial score (nSPS) is 10.4. The van der Waals surface area contributed by atoms with Gasteiger partial charge in [0.15, 0.2) is 0 Å². The molecule has 1 heterocycles. The average molecular weight is 267 g/mol. The third kappa shape index (κ3) is 2.48. The van der Waals surface area contributed by atoms with Crippen LogP contribution in [-0.2, 0) is 0 Å². The molecule has 2 rings (SSSR count). The predicted octanol–water partition coefficient (Wildman–Crippen LogP) is 3.39. The number of ether oxygens (including phenoxy) is 1. The summed E-state index contributed by atoms with van der Waals surface area (Å²) in [6.07, 6.45) is 0. The molecule has 0 radical (unpaired) electrons. The molecule has 18 heavy (non-hydrogen) atoms. The van der Waals surface area contributed by atoms with E-state index in [2.05, 4.69) is 4.98 Å². The first kappa shape index (κ1) is 12.5. The predicted molar refractivity (Wildman–Crippen MR) is 65.0 cm³/mol. The van der Waals surface area contributed by atoms with Crippen LogP contribution < -0.4 is 4.74 Å².